The van der Waals surface area contributed by atoms with Crippen LogP contribution in [0.3, 0.4) is 0 Å². The molecule has 0 spiro atoms. The van der Waals surface area contributed by atoms with Gasteiger partial charge in [0.15, 0.2) is 0 Å². The number of hydrogen-bond acceptors (Lipinski definition) is 12. The maximum absolute atomic E-state index is 16.1. The average molecular weight is 1300 g/mol. The third kappa shape index (κ3) is 11.4. The fourth-order valence-electron chi connectivity index (χ4n) is 15.6. The maximum atomic E-state index is 16.1. The SMILES string of the molecule is CCCCCCCCN1C(=O)c2ccc3c4c(c(-c5cc6c7c(c(-c8cc9c%10c(ccc%11c%10c8C(=O)N(CCCCCC)C%11=O)C(=O)N(CCCCCCCC)C9=O)cc8c7c5C(=O)NC8=O)C(=O)N(CCCCCCCC)C6=O)cc(c24)C1=O)C(=O)N(CCCCCC)C3=O. The molecule has 18 nitrogen and oxygen atoms in total. The van der Waals surface area contributed by atoms with Gasteiger partial charge in [0, 0.05) is 110 Å². The molecule has 6 heterocycles. The summed E-state index contributed by atoms with van der Waals surface area (Å²) >= 11 is 0. The molecule has 6 aromatic rings. The second-order valence-corrected chi connectivity index (χ2v) is 27.0. The second-order valence-electron chi connectivity index (χ2n) is 27.0. The largest absolute Gasteiger partial charge is 0.288 e. The molecule has 500 valence electrons. The quantitative estimate of drug-likeness (QED) is 0.0299. The number of carbonyl (C=O) groups excluding carboxylic acids is 12. The lowest BCUT2D eigenvalue weighted by Gasteiger charge is -2.35. The van der Waals surface area contributed by atoms with Crippen LogP contribution in [0.4, 0.5) is 0 Å². The van der Waals surface area contributed by atoms with E-state index in [1.54, 1.807) is 0 Å². The van der Waals surface area contributed by atoms with Crippen molar-refractivity contribution < 1.29 is 57.5 Å². The Morgan fingerprint density at radius 3 is 0.760 bits per heavy atom. The number of nitrogens with zero attached hydrogens (tertiary/aromatic N) is 5. The normalized spacial score (nSPS) is 15.6. The lowest BCUT2D eigenvalue weighted by Crippen LogP contribution is -2.44. The molecule has 6 aromatic carbocycles. The molecule has 0 radical (unpaired) electrons. The van der Waals surface area contributed by atoms with E-state index in [4.69, 9.17) is 0 Å². The fraction of sp³-hybridized carbons (Fsp3) is 0.462. The number of benzene rings is 6. The van der Waals surface area contributed by atoms with Crippen molar-refractivity contribution in [3.8, 4) is 22.3 Å². The summed E-state index contributed by atoms with van der Waals surface area (Å²) in [6, 6.07) is 11.8. The van der Waals surface area contributed by atoms with Crippen molar-refractivity contribution in [1.29, 1.82) is 0 Å². The Kier molecular flexibility index (Phi) is 19.8. The molecule has 18 heteroatoms. The van der Waals surface area contributed by atoms with Crippen LogP contribution in [0.25, 0.3) is 54.6 Å². The van der Waals surface area contributed by atoms with E-state index in [0.29, 0.717) is 51.4 Å². The zero-order valence-corrected chi connectivity index (χ0v) is 56.2. The van der Waals surface area contributed by atoms with Gasteiger partial charge in [-0.25, -0.2) is 0 Å². The van der Waals surface area contributed by atoms with Crippen molar-refractivity contribution in [3.63, 3.8) is 0 Å². The molecule has 96 heavy (non-hydrogen) atoms. The van der Waals surface area contributed by atoms with Crippen molar-refractivity contribution in [3.05, 3.63) is 115 Å². The van der Waals surface area contributed by atoms with E-state index >= 15 is 38.4 Å². The average Bonchev–Trinajstić information content (AvgIpc) is 0.694. The Morgan fingerprint density at radius 2 is 0.438 bits per heavy atom. The minimum Gasteiger partial charge on any atom is -0.288 e. The predicted molar refractivity (Wildman–Crippen MR) is 367 cm³/mol. The number of imide groups is 6. The summed E-state index contributed by atoms with van der Waals surface area (Å²) in [6.07, 6.45) is 21.0. The van der Waals surface area contributed by atoms with Crippen LogP contribution in [0, 0.1) is 0 Å². The maximum Gasteiger partial charge on any atom is 0.262 e. The molecule has 1 N–H and O–H groups in total. The first kappa shape index (κ1) is 66.9. The van der Waals surface area contributed by atoms with Crippen molar-refractivity contribution in [2.75, 3.05) is 32.7 Å². The van der Waals surface area contributed by atoms with E-state index in [1.165, 1.54) is 58.3 Å². The van der Waals surface area contributed by atoms with Crippen LogP contribution in [0.15, 0.2) is 48.5 Å². The van der Waals surface area contributed by atoms with Crippen molar-refractivity contribution in [2.24, 2.45) is 0 Å². The Morgan fingerprint density at radius 1 is 0.219 bits per heavy atom. The number of amides is 12. The standard InChI is InChI=1S/C78H86N6O12/c1-6-11-16-21-24-29-36-80-69(87)45-32-34-47-59-57(45)54(73(80)91)43-51(64(59)76(94)82(71(47)89)38-27-19-14-9-4)49-42-56-62-61-53(67(85)79-68(86)63(49)61)41-50(66(62)78(96)84(75(56)93)40-31-26-23-18-13-8-3)52-44-55-58-46(70(88)81(74(55)92)37-30-25-22-17-12-7-2)33-35-48-60(58)65(52)77(95)83(72(48)90)39-28-20-15-10-5/h32-35,41-44H,6-31,36-40H2,1-5H3,(H,79,85,86). The number of rotatable bonds is 33. The van der Waals surface area contributed by atoms with Crippen LogP contribution < -0.4 is 5.32 Å². The molecule has 12 rings (SSSR count). The van der Waals surface area contributed by atoms with Gasteiger partial charge >= 0.3 is 0 Å². The van der Waals surface area contributed by atoms with Crippen LogP contribution in [-0.4, -0.2) is 128 Å². The van der Waals surface area contributed by atoms with Crippen LogP contribution >= 0.6 is 0 Å². The first-order chi connectivity index (χ1) is 46.6. The van der Waals surface area contributed by atoms with Gasteiger partial charge < -0.3 is 0 Å². The van der Waals surface area contributed by atoms with E-state index in [2.05, 4.69) is 26.1 Å². The smallest absolute Gasteiger partial charge is 0.262 e. The van der Waals surface area contributed by atoms with Gasteiger partial charge in [-0.2, -0.15) is 0 Å². The van der Waals surface area contributed by atoms with Gasteiger partial charge in [-0.05, 0) is 103 Å². The number of nitrogens with one attached hydrogen (secondary N) is 1. The van der Waals surface area contributed by atoms with Gasteiger partial charge in [-0.15, -0.1) is 0 Å². The minimum atomic E-state index is -0.963. The summed E-state index contributed by atoms with van der Waals surface area (Å²) < 4.78 is 0. The highest BCUT2D eigenvalue weighted by Crippen LogP contribution is 2.51. The number of carbonyl (C=O) groups is 12. The number of unbranched alkanes of at least 4 members (excludes halogenated alkanes) is 21. The molecule has 0 atom stereocenters. The topological polar surface area (TPSA) is 233 Å². The van der Waals surface area contributed by atoms with E-state index < -0.39 is 70.9 Å². The van der Waals surface area contributed by atoms with E-state index in [-0.39, 0.29) is 154 Å². The van der Waals surface area contributed by atoms with Gasteiger partial charge in [0.2, 0.25) is 0 Å². The predicted octanol–water partition coefficient (Wildman–Crippen LogP) is 15.6. The lowest BCUT2D eigenvalue weighted by molar-refractivity contribution is 0.0586. The first-order valence-electron chi connectivity index (χ1n) is 35.7. The van der Waals surface area contributed by atoms with Crippen molar-refractivity contribution in [1.82, 2.24) is 29.8 Å². The fourth-order valence-corrected chi connectivity index (χ4v) is 15.6. The van der Waals surface area contributed by atoms with E-state index in [9.17, 15) is 19.2 Å². The highest BCUT2D eigenvalue weighted by molar-refractivity contribution is 6.41. The van der Waals surface area contributed by atoms with Crippen LogP contribution in [-0.2, 0) is 0 Å². The van der Waals surface area contributed by atoms with Crippen LogP contribution in [0.2, 0.25) is 0 Å². The van der Waals surface area contributed by atoms with Gasteiger partial charge in [0.1, 0.15) is 0 Å². The Bertz CT molecular complexity index is 4350. The van der Waals surface area contributed by atoms with E-state index in [1.807, 2.05) is 13.8 Å². The molecular weight excluding hydrogens is 1210 g/mol. The number of hydrogen-bond donors (Lipinski definition) is 1. The third-order valence-electron chi connectivity index (χ3n) is 20.6. The molecule has 6 aliphatic heterocycles. The molecule has 0 saturated heterocycles. The molecule has 0 saturated carbocycles. The Labute approximate surface area is 559 Å². The Balaban J connectivity index is 1.13. The monoisotopic (exact) mass is 1300 g/mol. The minimum absolute atomic E-state index is 0.00983. The summed E-state index contributed by atoms with van der Waals surface area (Å²) in [7, 11) is 0. The lowest BCUT2D eigenvalue weighted by atomic mass is 9.75. The molecule has 0 bridgehead atoms. The van der Waals surface area contributed by atoms with Crippen LogP contribution in [0.1, 0.15) is 326 Å². The highest BCUT2D eigenvalue weighted by atomic mass is 16.2. The summed E-state index contributed by atoms with van der Waals surface area (Å²) in [5.41, 5.74) is -0.795. The van der Waals surface area contributed by atoms with Gasteiger partial charge in [-0.3, -0.25) is 87.4 Å². The Hall–Kier alpha value is -9.06. The van der Waals surface area contributed by atoms with Crippen LogP contribution in [0.5, 0.6) is 0 Å². The van der Waals surface area contributed by atoms with Gasteiger partial charge in [0.25, 0.3) is 70.9 Å². The van der Waals surface area contributed by atoms with Gasteiger partial charge in [0.05, 0.1) is 22.3 Å². The molecule has 12 amide bonds. The first-order valence-corrected chi connectivity index (χ1v) is 35.7. The van der Waals surface area contributed by atoms with E-state index in [0.717, 1.165) is 130 Å². The third-order valence-corrected chi connectivity index (χ3v) is 20.6. The molecular formula is C78H86N6O12. The zero-order chi connectivity index (χ0) is 67.8. The molecule has 0 aliphatic carbocycles. The summed E-state index contributed by atoms with van der Waals surface area (Å²) in [4.78, 5) is 189. The summed E-state index contributed by atoms with van der Waals surface area (Å²) in [5, 5.41) is 2.57. The zero-order valence-electron chi connectivity index (χ0n) is 56.2. The second kappa shape index (κ2) is 28.3. The molecule has 0 fully saturated rings. The molecule has 0 aromatic heterocycles. The summed E-state index contributed by atoms with van der Waals surface area (Å²) in [5.74, 6) is -8.79. The highest BCUT2D eigenvalue weighted by Gasteiger charge is 2.48. The van der Waals surface area contributed by atoms with Crippen molar-refractivity contribution >= 4 is 103 Å². The molecule has 0 unspecified atom stereocenters. The molecule has 6 aliphatic rings. The van der Waals surface area contributed by atoms with Gasteiger partial charge in [-0.1, -0.05) is 169 Å². The summed E-state index contributed by atoms with van der Waals surface area (Å²) in [6.45, 7) is 10.5. The van der Waals surface area contributed by atoms with Crippen molar-refractivity contribution in [2.45, 2.75) is 202 Å².